The summed E-state index contributed by atoms with van der Waals surface area (Å²) in [6.07, 6.45) is 4.25. The summed E-state index contributed by atoms with van der Waals surface area (Å²) in [6.45, 7) is 6.10. The van der Waals surface area contributed by atoms with Gasteiger partial charge in [-0.15, -0.1) is 12.3 Å². The first-order valence-corrected chi connectivity index (χ1v) is 7.98. The van der Waals surface area contributed by atoms with Gasteiger partial charge in [0.15, 0.2) is 0 Å². The molecular formula is C9H15OPS. The van der Waals surface area contributed by atoms with Crippen LogP contribution in [-0.2, 0) is 4.57 Å². The van der Waals surface area contributed by atoms with E-state index in [1.54, 1.807) is 11.4 Å². The second kappa shape index (κ2) is 3.13. The number of hydrogen-bond acceptors (Lipinski definition) is 2. The zero-order valence-electron chi connectivity index (χ0n) is 7.83. The third-order valence-electron chi connectivity index (χ3n) is 2.35. The van der Waals surface area contributed by atoms with E-state index < -0.39 is 6.34 Å². The van der Waals surface area contributed by atoms with Gasteiger partial charge in [0.25, 0.3) is 0 Å². The summed E-state index contributed by atoms with van der Waals surface area (Å²) in [5.74, 6) is 3.93. The molecule has 1 aliphatic heterocycles. The molecule has 0 spiro atoms. The first kappa shape index (κ1) is 10.2. The fraction of sp³-hybridized carbons (Fsp3) is 0.778. The Morgan fingerprint density at radius 2 is 2.25 bits per heavy atom. The van der Waals surface area contributed by atoms with Gasteiger partial charge in [-0.2, -0.15) is 0 Å². The maximum atomic E-state index is 11.8. The van der Waals surface area contributed by atoms with E-state index in [0.717, 1.165) is 11.9 Å². The number of terminal acetylenes is 1. The molecule has 1 rings (SSSR count). The van der Waals surface area contributed by atoms with Crippen molar-refractivity contribution in [1.82, 2.24) is 0 Å². The Kier molecular flexibility index (Phi) is 2.66. The van der Waals surface area contributed by atoms with E-state index in [-0.39, 0.29) is 11.3 Å². The average molecular weight is 202 g/mol. The fourth-order valence-electron chi connectivity index (χ4n) is 1.63. The van der Waals surface area contributed by atoms with Gasteiger partial charge in [0, 0.05) is 17.8 Å². The summed E-state index contributed by atoms with van der Waals surface area (Å²) >= 11 is 1.57. The highest BCUT2D eigenvalue weighted by molar-refractivity contribution is 8.58. The van der Waals surface area contributed by atoms with Crippen LogP contribution in [0.3, 0.4) is 0 Å². The van der Waals surface area contributed by atoms with Crippen LogP contribution in [0.25, 0.3) is 0 Å². The lowest BCUT2D eigenvalue weighted by molar-refractivity contribution is 0.329. The Hall–Kier alpha value is 0.140. The summed E-state index contributed by atoms with van der Waals surface area (Å²) in [4.78, 5) is 0. The van der Waals surface area contributed by atoms with Crippen molar-refractivity contribution in [2.75, 3.05) is 18.6 Å². The first-order valence-electron chi connectivity index (χ1n) is 4.05. The molecule has 1 nitrogen and oxygen atoms in total. The van der Waals surface area contributed by atoms with E-state index in [9.17, 15) is 4.57 Å². The van der Waals surface area contributed by atoms with Crippen molar-refractivity contribution < 1.29 is 4.57 Å². The zero-order chi connectivity index (χ0) is 9.41. The molecule has 0 aromatic rings. The lowest BCUT2D eigenvalue weighted by Gasteiger charge is -2.38. The van der Waals surface area contributed by atoms with Gasteiger partial charge in [-0.05, 0) is 12.1 Å². The lowest BCUT2D eigenvalue weighted by atomic mass is 9.82. The van der Waals surface area contributed by atoms with Gasteiger partial charge >= 0.3 is 0 Å². The molecule has 2 unspecified atom stereocenters. The molecule has 1 saturated heterocycles. The van der Waals surface area contributed by atoms with Gasteiger partial charge in [0.05, 0.1) is 0 Å². The van der Waals surface area contributed by atoms with E-state index >= 15 is 0 Å². The standard InChI is InChI=1S/C9H15OPS/c1-5-8-6-12-11(4,10)7-9(8,2)3/h1,8H,6-7H2,2-4H3. The van der Waals surface area contributed by atoms with Crippen molar-refractivity contribution >= 4 is 17.7 Å². The summed E-state index contributed by atoms with van der Waals surface area (Å²) in [5, 5.41) is 0. The largest absolute Gasteiger partial charge is 0.312 e. The second-order valence-corrected chi connectivity index (χ2v) is 10.2. The molecule has 68 valence electrons. The second-order valence-electron chi connectivity index (χ2n) is 4.18. The van der Waals surface area contributed by atoms with Crippen molar-refractivity contribution in [3.63, 3.8) is 0 Å². The first-order chi connectivity index (χ1) is 5.37. The van der Waals surface area contributed by atoms with Crippen LogP contribution >= 0.6 is 17.7 Å². The highest BCUT2D eigenvalue weighted by atomic mass is 32.7. The minimum absolute atomic E-state index is 0.0598. The van der Waals surface area contributed by atoms with Gasteiger partial charge in [-0.25, -0.2) is 0 Å². The maximum absolute atomic E-state index is 11.8. The molecule has 1 aliphatic rings. The SMILES string of the molecule is C#CC1CSP(C)(=O)CC1(C)C. The van der Waals surface area contributed by atoms with Crippen LogP contribution in [0.15, 0.2) is 0 Å². The van der Waals surface area contributed by atoms with Crippen LogP contribution in [0, 0.1) is 23.7 Å². The molecule has 0 aromatic carbocycles. The zero-order valence-corrected chi connectivity index (χ0v) is 9.54. The Labute approximate surface area is 78.8 Å². The van der Waals surface area contributed by atoms with Crippen molar-refractivity contribution in [2.24, 2.45) is 11.3 Å². The molecular weight excluding hydrogens is 187 g/mol. The van der Waals surface area contributed by atoms with Crippen LogP contribution in [0.2, 0.25) is 0 Å². The Morgan fingerprint density at radius 1 is 1.67 bits per heavy atom. The quantitative estimate of drug-likeness (QED) is 0.444. The molecule has 3 heteroatoms. The number of rotatable bonds is 0. The Bertz CT molecular complexity index is 264. The number of hydrogen-bond donors (Lipinski definition) is 0. The molecule has 2 atom stereocenters. The Balaban J connectivity index is 2.83. The van der Waals surface area contributed by atoms with Gasteiger partial charge in [-0.1, -0.05) is 25.2 Å². The molecule has 0 bridgehead atoms. The van der Waals surface area contributed by atoms with E-state index in [1.165, 1.54) is 0 Å². The smallest absolute Gasteiger partial charge is 0.136 e. The molecule has 0 amide bonds. The molecule has 0 aliphatic carbocycles. The van der Waals surface area contributed by atoms with Gasteiger partial charge in [0.2, 0.25) is 0 Å². The average Bonchev–Trinajstić information content (AvgIpc) is 1.83. The van der Waals surface area contributed by atoms with E-state index in [1.807, 2.05) is 6.66 Å². The van der Waals surface area contributed by atoms with Gasteiger partial charge < -0.3 is 4.57 Å². The van der Waals surface area contributed by atoms with Crippen LogP contribution in [0.5, 0.6) is 0 Å². The van der Waals surface area contributed by atoms with Crippen LogP contribution in [-0.4, -0.2) is 18.6 Å². The fourth-order valence-corrected chi connectivity index (χ4v) is 7.10. The van der Waals surface area contributed by atoms with Crippen molar-refractivity contribution in [2.45, 2.75) is 13.8 Å². The molecule has 1 heterocycles. The molecule has 0 aromatic heterocycles. The summed E-state index contributed by atoms with van der Waals surface area (Å²) in [5.41, 5.74) is 0.0598. The highest BCUT2D eigenvalue weighted by Gasteiger charge is 2.39. The summed E-state index contributed by atoms with van der Waals surface area (Å²) in [7, 11) is 0. The lowest BCUT2D eigenvalue weighted by Crippen LogP contribution is -2.31. The van der Waals surface area contributed by atoms with Gasteiger partial charge in [0.1, 0.15) is 6.34 Å². The predicted molar refractivity (Wildman–Crippen MR) is 57.0 cm³/mol. The topological polar surface area (TPSA) is 17.1 Å². The minimum Gasteiger partial charge on any atom is -0.312 e. The molecule has 0 saturated carbocycles. The van der Waals surface area contributed by atoms with E-state index in [4.69, 9.17) is 6.42 Å². The summed E-state index contributed by atoms with van der Waals surface area (Å²) in [6, 6.07) is 0. The normalized spacial score (nSPS) is 40.3. The van der Waals surface area contributed by atoms with Crippen molar-refractivity contribution in [3.8, 4) is 12.3 Å². The maximum Gasteiger partial charge on any atom is 0.136 e. The summed E-state index contributed by atoms with van der Waals surface area (Å²) < 4.78 is 11.8. The third-order valence-corrected chi connectivity index (χ3v) is 7.24. The van der Waals surface area contributed by atoms with Crippen LogP contribution in [0.1, 0.15) is 13.8 Å². The predicted octanol–water partition coefficient (Wildman–Crippen LogP) is 2.92. The third kappa shape index (κ3) is 2.09. The minimum atomic E-state index is -1.94. The molecule has 0 radical (unpaired) electrons. The van der Waals surface area contributed by atoms with Gasteiger partial charge in [-0.3, -0.25) is 0 Å². The van der Waals surface area contributed by atoms with Crippen molar-refractivity contribution in [1.29, 1.82) is 0 Å². The molecule has 1 fully saturated rings. The Morgan fingerprint density at radius 3 is 2.67 bits per heavy atom. The van der Waals surface area contributed by atoms with Crippen LogP contribution in [0.4, 0.5) is 0 Å². The monoisotopic (exact) mass is 202 g/mol. The highest BCUT2D eigenvalue weighted by Crippen LogP contribution is 2.64. The van der Waals surface area contributed by atoms with Crippen molar-refractivity contribution in [3.05, 3.63) is 0 Å². The van der Waals surface area contributed by atoms with Crippen LogP contribution < -0.4 is 0 Å². The molecule has 12 heavy (non-hydrogen) atoms. The molecule has 0 N–H and O–H groups in total. The van der Waals surface area contributed by atoms with E-state index in [0.29, 0.717) is 0 Å². The van der Waals surface area contributed by atoms with E-state index in [2.05, 4.69) is 19.8 Å².